The van der Waals surface area contributed by atoms with Crippen molar-refractivity contribution in [3.8, 4) is 0 Å². The predicted molar refractivity (Wildman–Crippen MR) is 81.2 cm³/mol. The van der Waals surface area contributed by atoms with Gasteiger partial charge in [-0.3, -0.25) is 0 Å². The topological polar surface area (TPSA) is 32.3 Å². The molecule has 19 heavy (non-hydrogen) atoms. The molecule has 0 radical (unpaired) electrons. The fourth-order valence-corrected chi connectivity index (χ4v) is 1.96. The van der Waals surface area contributed by atoms with E-state index in [-0.39, 0.29) is 6.03 Å². The van der Waals surface area contributed by atoms with Gasteiger partial charge < -0.3 is 10.2 Å². The number of carbonyl (C=O) groups is 1. The van der Waals surface area contributed by atoms with Gasteiger partial charge in [-0.1, -0.05) is 43.6 Å². The molecule has 0 unspecified atom stereocenters. The third-order valence-electron chi connectivity index (χ3n) is 2.65. The molecule has 1 aromatic carbocycles. The van der Waals surface area contributed by atoms with Crippen LogP contribution in [0.4, 0.5) is 4.79 Å². The van der Waals surface area contributed by atoms with E-state index in [2.05, 4.69) is 19.2 Å². The maximum absolute atomic E-state index is 11.9. The van der Waals surface area contributed by atoms with E-state index < -0.39 is 0 Å². The molecule has 4 heteroatoms. The summed E-state index contributed by atoms with van der Waals surface area (Å²) in [5.74, 6) is 0. The number of amides is 2. The van der Waals surface area contributed by atoms with Crippen LogP contribution in [-0.2, 0) is 0 Å². The average molecular weight is 281 g/mol. The molecule has 1 aromatic rings. The molecule has 1 rings (SSSR count). The standard InChI is InChI=1S/C15H21ClN2O/c1-3-11-18(12-4-2)15(19)17-10-9-13-7-5-6-8-14(13)16/h5-10H,3-4,11-12H2,1-2H3,(H,17,19)/b10-9+. The van der Waals surface area contributed by atoms with E-state index in [1.54, 1.807) is 12.3 Å². The first-order chi connectivity index (χ1) is 9.19. The van der Waals surface area contributed by atoms with Gasteiger partial charge >= 0.3 is 6.03 Å². The summed E-state index contributed by atoms with van der Waals surface area (Å²) in [5, 5.41) is 3.45. The Labute approximate surface area is 120 Å². The first-order valence-electron chi connectivity index (χ1n) is 6.65. The van der Waals surface area contributed by atoms with Crippen molar-refractivity contribution in [2.45, 2.75) is 26.7 Å². The second-order valence-corrected chi connectivity index (χ2v) is 4.70. The highest BCUT2D eigenvalue weighted by molar-refractivity contribution is 6.32. The van der Waals surface area contributed by atoms with Gasteiger partial charge in [0, 0.05) is 24.3 Å². The summed E-state index contributed by atoms with van der Waals surface area (Å²) in [5.41, 5.74) is 0.891. The Bertz CT molecular complexity index is 426. The Morgan fingerprint density at radius 3 is 2.47 bits per heavy atom. The van der Waals surface area contributed by atoms with Crippen LogP contribution in [0.1, 0.15) is 32.3 Å². The highest BCUT2D eigenvalue weighted by Gasteiger charge is 2.08. The molecule has 0 atom stereocenters. The van der Waals surface area contributed by atoms with Crippen LogP contribution in [0.3, 0.4) is 0 Å². The minimum Gasteiger partial charge on any atom is -0.325 e. The monoisotopic (exact) mass is 280 g/mol. The summed E-state index contributed by atoms with van der Waals surface area (Å²) in [7, 11) is 0. The Kier molecular flexibility index (Phi) is 7.04. The van der Waals surface area contributed by atoms with Crippen LogP contribution >= 0.6 is 11.6 Å². The largest absolute Gasteiger partial charge is 0.325 e. The van der Waals surface area contributed by atoms with Gasteiger partial charge in [-0.25, -0.2) is 4.79 Å². The molecule has 0 spiro atoms. The Morgan fingerprint density at radius 2 is 1.89 bits per heavy atom. The number of urea groups is 1. The number of nitrogens with zero attached hydrogens (tertiary/aromatic N) is 1. The highest BCUT2D eigenvalue weighted by atomic mass is 35.5. The molecular formula is C15H21ClN2O. The van der Waals surface area contributed by atoms with Gasteiger partial charge in [-0.15, -0.1) is 0 Å². The van der Waals surface area contributed by atoms with Crippen LogP contribution in [0.15, 0.2) is 30.5 Å². The van der Waals surface area contributed by atoms with Gasteiger partial charge in [0.1, 0.15) is 0 Å². The number of carbonyl (C=O) groups excluding carboxylic acids is 1. The highest BCUT2D eigenvalue weighted by Crippen LogP contribution is 2.15. The van der Waals surface area contributed by atoms with Crippen molar-refractivity contribution in [2.24, 2.45) is 0 Å². The second-order valence-electron chi connectivity index (χ2n) is 4.29. The Hall–Kier alpha value is -1.48. The summed E-state index contributed by atoms with van der Waals surface area (Å²) in [4.78, 5) is 13.7. The lowest BCUT2D eigenvalue weighted by Gasteiger charge is -2.20. The Morgan fingerprint density at radius 1 is 1.26 bits per heavy atom. The zero-order chi connectivity index (χ0) is 14.1. The molecular weight excluding hydrogens is 260 g/mol. The van der Waals surface area contributed by atoms with Gasteiger partial charge in [-0.05, 0) is 30.5 Å². The smallest absolute Gasteiger partial charge is 0.321 e. The minimum absolute atomic E-state index is 0.0630. The van der Waals surface area contributed by atoms with Crippen LogP contribution in [0.2, 0.25) is 5.02 Å². The molecule has 104 valence electrons. The fourth-order valence-electron chi connectivity index (χ4n) is 1.76. The van der Waals surface area contributed by atoms with Gasteiger partial charge in [0.15, 0.2) is 0 Å². The maximum atomic E-state index is 11.9. The molecule has 0 aliphatic heterocycles. The zero-order valence-electron chi connectivity index (χ0n) is 11.5. The van der Waals surface area contributed by atoms with Crippen molar-refractivity contribution in [3.63, 3.8) is 0 Å². The maximum Gasteiger partial charge on any atom is 0.321 e. The van der Waals surface area contributed by atoms with Crippen LogP contribution in [0.5, 0.6) is 0 Å². The first kappa shape index (κ1) is 15.6. The molecule has 3 nitrogen and oxygen atoms in total. The average Bonchev–Trinajstić information content (AvgIpc) is 2.40. The normalized spacial score (nSPS) is 10.7. The predicted octanol–water partition coefficient (Wildman–Crippen LogP) is 4.14. The van der Waals surface area contributed by atoms with Gasteiger partial charge in [-0.2, -0.15) is 0 Å². The molecule has 0 saturated heterocycles. The quantitative estimate of drug-likeness (QED) is 0.834. The van der Waals surface area contributed by atoms with Gasteiger partial charge in [0.05, 0.1) is 0 Å². The molecule has 1 N–H and O–H groups in total. The summed E-state index contributed by atoms with van der Waals surface area (Å²) in [6, 6.07) is 7.45. The van der Waals surface area contributed by atoms with Gasteiger partial charge in [0.2, 0.25) is 0 Å². The van der Waals surface area contributed by atoms with Crippen molar-refractivity contribution in [1.29, 1.82) is 0 Å². The molecule has 0 fully saturated rings. The van der Waals surface area contributed by atoms with Crippen LogP contribution in [-0.4, -0.2) is 24.0 Å². The SMILES string of the molecule is CCCN(CCC)C(=O)N/C=C/c1ccccc1Cl. The number of nitrogens with one attached hydrogen (secondary N) is 1. The lowest BCUT2D eigenvalue weighted by atomic mass is 10.2. The van der Waals surface area contributed by atoms with E-state index in [9.17, 15) is 4.79 Å². The van der Waals surface area contributed by atoms with E-state index in [4.69, 9.17) is 11.6 Å². The minimum atomic E-state index is -0.0630. The molecule has 2 amide bonds. The van der Waals surface area contributed by atoms with E-state index in [1.165, 1.54) is 0 Å². The van der Waals surface area contributed by atoms with Crippen molar-refractivity contribution in [1.82, 2.24) is 10.2 Å². The van der Waals surface area contributed by atoms with Crippen molar-refractivity contribution >= 4 is 23.7 Å². The van der Waals surface area contributed by atoms with Crippen molar-refractivity contribution < 1.29 is 4.79 Å². The van der Waals surface area contributed by atoms with E-state index >= 15 is 0 Å². The zero-order valence-corrected chi connectivity index (χ0v) is 12.3. The summed E-state index contributed by atoms with van der Waals surface area (Å²) < 4.78 is 0. The third kappa shape index (κ3) is 5.35. The number of benzene rings is 1. The van der Waals surface area contributed by atoms with Crippen LogP contribution < -0.4 is 5.32 Å². The van der Waals surface area contributed by atoms with Crippen molar-refractivity contribution in [2.75, 3.05) is 13.1 Å². The van der Waals surface area contributed by atoms with Crippen LogP contribution in [0, 0.1) is 0 Å². The summed E-state index contributed by atoms with van der Waals surface area (Å²) in [6.45, 7) is 5.68. The van der Waals surface area contributed by atoms with E-state index in [1.807, 2.05) is 29.2 Å². The number of hydrogen-bond acceptors (Lipinski definition) is 1. The van der Waals surface area contributed by atoms with E-state index in [0.29, 0.717) is 5.02 Å². The Balaban J connectivity index is 2.55. The molecule has 0 bridgehead atoms. The molecule has 0 saturated carbocycles. The molecule has 0 aromatic heterocycles. The van der Waals surface area contributed by atoms with Crippen molar-refractivity contribution in [3.05, 3.63) is 41.1 Å². The number of rotatable bonds is 6. The van der Waals surface area contributed by atoms with Gasteiger partial charge in [0.25, 0.3) is 0 Å². The lowest BCUT2D eigenvalue weighted by molar-refractivity contribution is 0.201. The lowest BCUT2D eigenvalue weighted by Crippen LogP contribution is -2.38. The molecule has 0 heterocycles. The summed E-state index contributed by atoms with van der Waals surface area (Å²) in [6.07, 6.45) is 5.36. The van der Waals surface area contributed by atoms with E-state index in [0.717, 1.165) is 31.5 Å². The summed E-state index contributed by atoms with van der Waals surface area (Å²) >= 11 is 6.03. The second kappa shape index (κ2) is 8.59. The van der Waals surface area contributed by atoms with Crippen LogP contribution in [0.25, 0.3) is 6.08 Å². The number of hydrogen-bond donors (Lipinski definition) is 1. The molecule has 0 aliphatic rings. The fraction of sp³-hybridized carbons (Fsp3) is 0.400. The third-order valence-corrected chi connectivity index (χ3v) is 2.99. The first-order valence-corrected chi connectivity index (χ1v) is 7.03. The number of halogens is 1. The molecule has 0 aliphatic carbocycles.